The van der Waals surface area contributed by atoms with E-state index in [0.717, 1.165) is 0 Å². The Hall–Kier alpha value is -1.57. The van der Waals surface area contributed by atoms with Crippen LogP contribution in [-0.4, -0.2) is 48.1 Å². The molecule has 0 radical (unpaired) electrons. The Morgan fingerprint density at radius 3 is 2.76 bits per heavy atom. The van der Waals surface area contributed by atoms with Crippen molar-refractivity contribution in [1.29, 1.82) is 0 Å². The van der Waals surface area contributed by atoms with Crippen molar-refractivity contribution in [3.63, 3.8) is 0 Å². The van der Waals surface area contributed by atoms with Gasteiger partial charge in [-0.2, -0.15) is 4.98 Å². The smallest absolute Gasteiger partial charge is 0.316 e. The van der Waals surface area contributed by atoms with Crippen molar-refractivity contribution in [2.24, 2.45) is 0 Å². The second-order valence-electron chi connectivity index (χ2n) is 3.49. The summed E-state index contributed by atoms with van der Waals surface area (Å²) < 4.78 is 0.616. The lowest BCUT2D eigenvalue weighted by Crippen LogP contribution is -2.37. The number of hydrogen-bond donors (Lipinski definition) is 3. The maximum absolute atomic E-state index is 11.2. The van der Waals surface area contributed by atoms with Crippen LogP contribution in [0, 0.1) is 0 Å². The SMILES string of the molecule is CN(C)C(=O)NCCNc1nc(N)cc(Br)n1. The Morgan fingerprint density at radius 2 is 2.18 bits per heavy atom. The highest BCUT2D eigenvalue weighted by Crippen LogP contribution is 2.11. The number of urea groups is 1. The summed E-state index contributed by atoms with van der Waals surface area (Å²) in [6, 6.07) is 1.47. The van der Waals surface area contributed by atoms with Crippen LogP contribution in [0.3, 0.4) is 0 Å². The average molecular weight is 303 g/mol. The molecule has 0 fully saturated rings. The normalized spacial score (nSPS) is 9.82. The molecule has 94 valence electrons. The minimum absolute atomic E-state index is 0.138. The zero-order valence-corrected chi connectivity index (χ0v) is 11.3. The molecule has 1 aromatic heterocycles. The van der Waals surface area contributed by atoms with E-state index in [1.165, 1.54) is 4.90 Å². The predicted octanol–water partition coefficient (Wildman–Crippen LogP) is 0.504. The first kappa shape index (κ1) is 13.5. The van der Waals surface area contributed by atoms with E-state index in [-0.39, 0.29) is 6.03 Å². The standard InChI is InChI=1S/C9H15BrN6O/c1-16(2)9(17)13-4-3-12-8-14-6(10)5-7(11)15-8/h5H,3-4H2,1-2H3,(H,13,17)(H3,11,12,14,15). The minimum Gasteiger partial charge on any atom is -0.383 e. The van der Waals surface area contributed by atoms with Crippen molar-refractivity contribution in [2.45, 2.75) is 0 Å². The largest absolute Gasteiger partial charge is 0.383 e. The maximum Gasteiger partial charge on any atom is 0.316 e. The van der Waals surface area contributed by atoms with Gasteiger partial charge < -0.3 is 21.3 Å². The lowest BCUT2D eigenvalue weighted by atomic mass is 10.5. The molecule has 0 bridgehead atoms. The number of hydrogen-bond acceptors (Lipinski definition) is 5. The molecule has 8 heteroatoms. The Labute approximate surface area is 108 Å². The highest BCUT2D eigenvalue weighted by atomic mass is 79.9. The third kappa shape index (κ3) is 4.85. The minimum atomic E-state index is -0.138. The van der Waals surface area contributed by atoms with E-state index < -0.39 is 0 Å². The van der Waals surface area contributed by atoms with Crippen molar-refractivity contribution in [2.75, 3.05) is 38.2 Å². The third-order valence-electron chi connectivity index (χ3n) is 1.81. The van der Waals surface area contributed by atoms with Gasteiger partial charge in [-0.1, -0.05) is 0 Å². The van der Waals surface area contributed by atoms with E-state index in [9.17, 15) is 4.79 Å². The fourth-order valence-corrected chi connectivity index (χ4v) is 1.42. The number of nitrogen functional groups attached to an aromatic ring is 1. The van der Waals surface area contributed by atoms with Gasteiger partial charge in [0.25, 0.3) is 0 Å². The molecule has 17 heavy (non-hydrogen) atoms. The number of halogens is 1. The first-order valence-corrected chi connectivity index (χ1v) is 5.77. The van der Waals surface area contributed by atoms with Gasteiger partial charge in [-0.05, 0) is 15.9 Å². The number of nitrogens with one attached hydrogen (secondary N) is 2. The quantitative estimate of drug-likeness (QED) is 0.556. The molecular formula is C9H15BrN6O. The van der Waals surface area contributed by atoms with Crippen molar-refractivity contribution in [3.05, 3.63) is 10.7 Å². The summed E-state index contributed by atoms with van der Waals surface area (Å²) in [6.07, 6.45) is 0. The molecule has 0 saturated heterocycles. The van der Waals surface area contributed by atoms with Crippen LogP contribution in [0.25, 0.3) is 0 Å². The molecule has 0 aliphatic carbocycles. The van der Waals surface area contributed by atoms with Gasteiger partial charge in [-0.25, -0.2) is 9.78 Å². The molecule has 7 nitrogen and oxygen atoms in total. The van der Waals surface area contributed by atoms with E-state index in [1.54, 1.807) is 20.2 Å². The topological polar surface area (TPSA) is 96.2 Å². The summed E-state index contributed by atoms with van der Waals surface area (Å²) in [5.41, 5.74) is 5.55. The van der Waals surface area contributed by atoms with Crippen LogP contribution < -0.4 is 16.4 Å². The van der Waals surface area contributed by atoms with Crippen LogP contribution in [0.5, 0.6) is 0 Å². The molecule has 0 aliphatic heterocycles. The number of nitrogens with two attached hydrogens (primary N) is 1. The van der Waals surface area contributed by atoms with Gasteiger partial charge in [0.2, 0.25) is 5.95 Å². The molecule has 0 atom stereocenters. The lowest BCUT2D eigenvalue weighted by molar-refractivity contribution is 0.218. The Bertz CT molecular complexity index is 377. The van der Waals surface area contributed by atoms with Gasteiger partial charge in [-0.3, -0.25) is 0 Å². The molecule has 0 spiro atoms. The zero-order chi connectivity index (χ0) is 12.8. The van der Waals surface area contributed by atoms with Crippen LogP contribution in [0.1, 0.15) is 0 Å². The fraction of sp³-hybridized carbons (Fsp3) is 0.444. The van der Waals surface area contributed by atoms with E-state index in [4.69, 9.17) is 5.73 Å². The summed E-state index contributed by atoms with van der Waals surface area (Å²) in [6.45, 7) is 1.00. The van der Waals surface area contributed by atoms with E-state index in [2.05, 4.69) is 36.5 Å². The van der Waals surface area contributed by atoms with Gasteiger partial charge in [-0.15, -0.1) is 0 Å². The number of carbonyl (C=O) groups excluding carboxylic acids is 1. The summed E-state index contributed by atoms with van der Waals surface area (Å²) in [5.74, 6) is 0.808. The Balaban J connectivity index is 2.33. The number of amides is 2. The average Bonchev–Trinajstić information content (AvgIpc) is 2.22. The molecule has 1 aromatic rings. The van der Waals surface area contributed by atoms with Crippen molar-refractivity contribution < 1.29 is 4.79 Å². The third-order valence-corrected chi connectivity index (χ3v) is 2.21. The number of aromatic nitrogens is 2. The van der Waals surface area contributed by atoms with Crippen molar-refractivity contribution in [1.82, 2.24) is 20.2 Å². The highest BCUT2D eigenvalue weighted by molar-refractivity contribution is 9.10. The van der Waals surface area contributed by atoms with Gasteiger partial charge in [0, 0.05) is 33.3 Å². The monoisotopic (exact) mass is 302 g/mol. The number of nitrogens with zero attached hydrogens (tertiary/aromatic N) is 3. The van der Waals surface area contributed by atoms with Crippen LogP contribution in [0.2, 0.25) is 0 Å². The number of carbonyl (C=O) groups is 1. The Kier molecular flexibility index (Phi) is 4.95. The highest BCUT2D eigenvalue weighted by Gasteiger charge is 2.02. The van der Waals surface area contributed by atoms with E-state index >= 15 is 0 Å². The van der Waals surface area contributed by atoms with Crippen molar-refractivity contribution in [3.8, 4) is 0 Å². The predicted molar refractivity (Wildman–Crippen MR) is 69.7 cm³/mol. The van der Waals surface area contributed by atoms with Gasteiger partial charge in [0.1, 0.15) is 10.4 Å². The summed E-state index contributed by atoms with van der Waals surface area (Å²) in [5, 5.41) is 5.66. The maximum atomic E-state index is 11.2. The number of rotatable bonds is 4. The number of anilines is 2. The molecule has 0 unspecified atom stereocenters. The van der Waals surface area contributed by atoms with E-state index in [0.29, 0.717) is 29.5 Å². The molecular weight excluding hydrogens is 288 g/mol. The fourth-order valence-electron chi connectivity index (χ4n) is 1.02. The second kappa shape index (κ2) is 6.24. The first-order chi connectivity index (χ1) is 7.99. The Morgan fingerprint density at radius 1 is 1.47 bits per heavy atom. The lowest BCUT2D eigenvalue weighted by Gasteiger charge is -2.12. The molecule has 0 aliphatic rings. The van der Waals surface area contributed by atoms with Crippen LogP contribution in [0.4, 0.5) is 16.6 Å². The molecule has 1 heterocycles. The van der Waals surface area contributed by atoms with E-state index in [1.807, 2.05) is 0 Å². The molecule has 0 saturated carbocycles. The summed E-state index contributed by atoms with van der Waals surface area (Å²) in [4.78, 5) is 20.7. The molecule has 1 rings (SSSR count). The second-order valence-corrected chi connectivity index (χ2v) is 4.30. The molecule has 2 amide bonds. The van der Waals surface area contributed by atoms with Crippen LogP contribution in [0.15, 0.2) is 10.7 Å². The first-order valence-electron chi connectivity index (χ1n) is 4.98. The van der Waals surface area contributed by atoms with Crippen LogP contribution >= 0.6 is 15.9 Å². The van der Waals surface area contributed by atoms with Crippen molar-refractivity contribution >= 4 is 33.7 Å². The van der Waals surface area contributed by atoms with Gasteiger partial charge >= 0.3 is 6.03 Å². The summed E-state index contributed by atoms with van der Waals surface area (Å²) >= 11 is 3.22. The van der Waals surface area contributed by atoms with Crippen LogP contribution in [-0.2, 0) is 0 Å². The summed E-state index contributed by atoms with van der Waals surface area (Å²) in [7, 11) is 3.36. The zero-order valence-electron chi connectivity index (χ0n) is 9.70. The molecule has 4 N–H and O–H groups in total. The van der Waals surface area contributed by atoms with Gasteiger partial charge in [0.05, 0.1) is 0 Å². The molecule has 0 aromatic carbocycles. The van der Waals surface area contributed by atoms with Gasteiger partial charge in [0.15, 0.2) is 0 Å².